The molecule has 0 bridgehead atoms. The van der Waals surface area contributed by atoms with E-state index < -0.39 is 0 Å². The van der Waals surface area contributed by atoms with Crippen molar-refractivity contribution in [3.05, 3.63) is 24.1 Å². The van der Waals surface area contributed by atoms with Crippen LogP contribution >= 0.6 is 0 Å². The van der Waals surface area contributed by atoms with Crippen LogP contribution in [0.25, 0.3) is 11.1 Å². The molecule has 0 aliphatic carbocycles. The Morgan fingerprint density at radius 2 is 2.14 bits per heavy atom. The Kier molecular flexibility index (Phi) is 3.79. The number of anilines is 1. The molecule has 1 atom stereocenters. The first-order chi connectivity index (χ1) is 10.1. The monoisotopic (exact) mass is 289 g/mol. The van der Waals surface area contributed by atoms with Gasteiger partial charge in [0.1, 0.15) is 11.6 Å². The Bertz CT molecular complexity index is 647. The highest BCUT2D eigenvalue weighted by molar-refractivity contribution is 5.85. The third-order valence-electron chi connectivity index (χ3n) is 3.57. The first kappa shape index (κ1) is 13.9. The first-order valence-electron chi connectivity index (χ1n) is 7.14. The Labute approximate surface area is 123 Å². The molecule has 1 N–H and O–H groups in total. The molecule has 1 amide bonds. The topological polar surface area (TPSA) is 67.6 Å². The highest BCUT2D eigenvalue weighted by atomic mass is 16.5. The normalized spacial score (nSPS) is 17.0. The number of hydrogen-bond acceptors (Lipinski definition) is 5. The number of amides is 1. The number of fused-ring (bicyclic) bond motifs is 1. The van der Waals surface area contributed by atoms with Crippen LogP contribution in [-0.2, 0) is 9.53 Å². The molecule has 3 rings (SSSR count). The van der Waals surface area contributed by atoms with Crippen LogP contribution in [-0.4, -0.2) is 48.1 Å². The van der Waals surface area contributed by atoms with E-state index in [0.29, 0.717) is 32.2 Å². The van der Waals surface area contributed by atoms with Crippen LogP contribution in [0.3, 0.4) is 0 Å². The Morgan fingerprint density at radius 3 is 2.90 bits per heavy atom. The smallest absolute Gasteiger partial charge is 0.244 e. The lowest BCUT2D eigenvalue weighted by molar-refractivity contribution is -0.135. The summed E-state index contributed by atoms with van der Waals surface area (Å²) < 4.78 is 10.7. The van der Waals surface area contributed by atoms with Crippen molar-refractivity contribution in [2.45, 2.75) is 19.9 Å². The van der Waals surface area contributed by atoms with Gasteiger partial charge in [-0.2, -0.15) is 0 Å². The van der Waals surface area contributed by atoms with Gasteiger partial charge in [-0.05, 0) is 25.1 Å². The summed E-state index contributed by atoms with van der Waals surface area (Å²) in [5.74, 6) is 0.731. The number of nitrogens with one attached hydrogen (secondary N) is 1. The van der Waals surface area contributed by atoms with Gasteiger partial charge in [-0.15, -0.1) is 0 Å². The number of morpholine rings is 1. The van der Waals surface area contributed by atoms with Gasteiger partial charge in [0.05, 0.1) is 13.2 Å². The number of aromatic nitrogens is 1. The van der Waals surface area contributed by atoms with Crippen LogP contribution in [0.5, 0.6) is 0 Å². The fourth-order valence-electron chi connectivity index (χ4n) is 2.50. The number of carbonyl (C=O) groups is 1. The summed E-state index contributed by atoms with van der Waals surface area (Å²) in [6.45, 7) is 6.23. The molecule has 0 spiro atoms. The van der Waals surface area contributed by atoms with E-state index in [0.717, 1.165) is 16.8 Å². The molecule has 6 heteroatoms. The highest BCUT2D eigenvalue weighted by Gasteiger charge is 2.22. The van der Waals surface area contributed by atoms with Crippen molar-refractivity contribution >= 4 is 22.7 Å². The summed E-state index contributed by atoms with van der Waals surface area (Å²) in [6, 6.07) is 5.38. The van der Waals surface area contributed by atoms with Crippen molar-refractivity contribution in [2.24, 2.45) is 0 Å². The van der Waals surface area contributed by atoms with E-state index in [1.54, 1.807) is 0 Å². The molecule has 1 aliphatic heterocycles. The molecule has 2 heterocycles. The standard InChI is InChI=1S/C15H19N3O3/c1-10(15(19)18-5-7-20-8-6-18)16-12-3-4-14-13(9-12)17-11(2)21-14/h3-4,9-10,16H,5-8H2,1-2H3/t10-/m1/s1. The zero-order chi connectivity index (χ0) is 14.8. The molecule has 1 aromatic carbocycles. The van der Waals surface area contributed by atoms with Crippen LogP contribution in [0.4, 0.5) is 5.69 Å². The molecule has 0 unspecified atom stereocenters. The second kappa shape index (κ2) is 5.73. The Hall–Kier alpha value is -2.08. The largest absolute Gasteiger partial charge is 0.441 e. The van der Waals surface area contributed by atoms with Gasteiger partial charge in [0, 0.05) is 25.7 Å². The molecule has 2 aromatic rings. The summed E-state index contributed by atoms with van der Waals surface area (Å²) >= 11 is 0. The minimum Gasteiger partial charge on any atom is -0.441 e. The van der Waals surface area contributed by atoms with Crippen LogP contribution in [0, 0.1) is 6.92 Å². The maximum absolute atomic E-state index is 12.3. The summed E-state index contributed by atoms with van der Waals surface area (Å²) in [5.41, 5.74) is 2.42. The van der Waals surface area contributed by atoms with E-state index >= 15 is 0 Å². The zero-order valence-corrected chi connectivity index (χ0v) is 12.3. The molecule has 0 saturated carbocycles. The molecule has 1 aromatic heterocycles. The van der Waals surface area contributed by atoms with Gasteiger partial charge in [-0.1, -0.05) is 0 Å². The number of hydrogen-bond donors (Lipinski definition) is 1. The van der Waals surface area contributed by atoms with Crippen LogP contribution in [0.1, 0.15) is 12.8 Å². The van der Waals surface area contributed by atoms with Crippen LogP contribution < -0.4 is 5.32 Å². The van der Waals surface area contributed by atoms with Gasteiger partial charge in [0.15, 0.2) is 11.5 Å². The number of benzene rings is 1. The molecule has 1 aliphatic rings. The van der Waals surface area contributed by atoms with E-state index in [9.17, 15) is 4.79 Å². The van der Waals surface area contributed by atoms with E-state index in [1.165, 1.54) is 0 Å². The average Bonchev–Trinajstić information content (AvgIpc) is 2.86. The summed E-state index contributed by atoms with van der Waals surface area (Å²) in [6.07, 6.45) is 0. The summed E-state index contributed by atoms with van der Waals surface area (Å²) in [4.78, 5) is 18.5. The molecule has 0 radical (unpaired) electrons. The second-order valence-corrected chi connectivity index (χ2v) is 5.22. The van der Waals surface area contributed by atoms with Crippen molar-refractivity contribution in [1.82, 2.24) is 9.88 Å². The van der Waals surface area contributed by atoms with Gasteiger partial charge in [0.2, 0.25) is 5.91 Å². The van der Waals surface area contributed by atoms with Gasteiger partial charge in [-0.3, -0.25) is 4.79 Å². The van der Waals surface area contributed by atoms with Gasteiger partial charge >= 0.3 is 0 Å². The van der Waals surface area contributed by atoms with Crippen LogP contribution in [0.2, 0.25) is 0 Å². The van der Waals surface area contributed by atoms with E-state index in [4.69, 9.17) is 9.15 Å². The maximum atomic E-state index is 12.3. The minimum absolute atomic E-state index is 0.0923. The van der Waals surface area contributed by atoms with E-state index in [2.05, 4.69) is 10.3 Å². The first-order valence-corrected chi connectivity index (χ1v) is 7.14. The number of rotatable bonds is 3. The Morgan fingerprint density at radius 1 is 1.38 bits per heavy atom. The predicted molar refractivity (Wildman–Crippen MR) is 79.2 cm³/mol. The van der Waals surface area contributed by atoms with Crippen molar-refractivity contribution in [3.63, 3.8) is 0 Å². The predicted octanol–water partition coefficient (Wildman–Crippen LogP) is 1.80. The molecule has 6 nitrogen and oxygen atoms in total. The molecule has 112 valence electrons. The van der Waals surface area contributed by atoms with E-state index in [1.807, 2.05) is 36.9 Å². The van der Waals surface area contributed by atoms with Crippen molar-refractivity contribution in [2.75, 3.05) is 31.6 Å². The van der Waals surface area contributed by atoms with Crippen molar-refractivity contribution < 1.29 is 13.9 Å². The number of ether oxygens (including phenoxy) is 1. The molecule has 21 heavy (non-hydrogen) atoms. The fraction of sp³-hybridized carbons (Fsp3) is 0.467. The lowest BCUT2D eigenvalue weighted by Gasteiger charge is -2.29. The average molecular weight is 289 g/mol. The molecular weight excluding hydrogens is 270 g/mol. The lowest BCUT2D eigenvalue weighted by atomic mass is 10.2. The van der Waals surface area contributed by atoms with E-state index in [-0.39, 0.29) is 11.9 Å². The number of oxazole rings is 1. The minimum atomic E-state index is -0.284. The third kappa shape index (κ3) is 3.00. The summed E-state index contributed by atoms with van der Waals surface area (Å²) in [5, 5.41) is 3.23. The van der Waals surface area contributed by atoms with Gasteiger partial charge < -0.3 is 19.4 Å². The van der Waals surface area contributed by atoms with Gasteiger partial charge in [-0.25, -0.2) is 4.98 Å². The third-order valence-corrected chi connectivity index (χ3v) is 3.57. The van der Waals surface area contributed by atoms with Crippen molar-refractivity contribution in [1.29, 1.82) is 0 Å². The molecule has 1 saturated heterocycles. The maximum Gasteiger partial charge on any atom is 0.244 e. The number of carbonyl (C=O) groups excluding carboxylic acids is 1. The second-order valence-electron chi connectivity index (χ2n) is 5.22. The number of aryl methyl sites for hydroxylation is 1. The zero-order valence-electron chi connectivity index (χ0n) is 12.3. The lowest BCUT2D eigenvalue weighted by Crippen LogP contribution is -2.46. The number of nitrogens with zero attached hydrogens (tertiary/aromatic N) is 2. The van der Waals surface area contributed by atoms with Crippen LogP contribution in [0.15, 0.2) is 22.6 Å². The summed E-state index contributed by atoms with van der Waals surface area (Å²) in [7, 11) is 0. The molecular formula is C15H19N3O3. The molecule has 1 fully saturated rings. The fourth-order valence-corrected chi connectivity index (χ4v) is 2.50. The Balaban J connectivity index is 1.69. The highest BCUT2D eigenvalue weighted by Crippen LogP contribution is 2.20. The quantitative estimate of drug-likeness (QED) is 0.933. The van der Waals surface area contributed by atoms with Crippen molar-refractivity contribution in [3.8, 4) is 0 Å². The SMILES string of the molecule is Cc1nc2cc(N[C@H](C)C(=O)N3CCOCC3)ccc2o1. The van der Waals surface area contributed by atoms with Gasteiger partial charge in [0.25, 0.3) is 0 Å².